The molecule has 0 saturated carbocycles. The molecule has 3 rings (SSSR count). The molecule has 7 nitrogen and oxygen atoms in total. The molecule has 3 amide bonds. The Kier molecular flexibility index (Phi) is 9.27. The van der Waals surface area contributed by atoms with Gasteiger partial charge in [-0.3, -0.25) is 19.3 Å². The Balaban J connectivity index is 1.93. The molecular weight excluding hydrogens is 459 g/mol. The van der Waals surface area contributed by atoms with Crippen LogP contribution in [0.2, 0.25) is 0 Å². The number of anilines is 2. The number of carbonyl (C=O) groups is 3. The highest BCUT2D eigenvalue weighted by Crippen LogP contribution is 2.30. The molecule has 0 fully saturated rings. The van der Waals surface area contributed by atoms with Crippen molar-refractivity contribution in [3.63, 3.8) is 0 Å². The second-order valence-corrected chi connectivity index (χ2v) is 8.66. The molecule has 0 aliphatic carbocycles. The third-order valence-corrected chi connectivity index (χ3v) is 5.51. The standard InChI is InChI=1S/C28H31FN4O3/c1-4-20-8-14-23(15-9-20)33(26(35)17-16-25(34)32-24-7-5-6-18-30-24)27(28(36)31-19(2)3)21-10-12-22(29)13-11-21/h5-15,18-19,27H,4,16-17H2,1-3H3,(H,31,36)(H,30,32,34). The Hall–Kier alpha value is -4.07. The number of carbonyl (C=O) groups excluding carboxylic acids is 3. The smallest absolute Gasteiger partial charge is 0.248 e. The van der Waals surface area contributed by atoms with Crippen molar-refractivity contribution in [3.05, 3.63) is 89.9 Å². The van der Waals surface area contributed by atoms with Gasteiger partial charge in [-0.25, -0.2) is 9.37 Å². The quantitative estimate of drug-likeness (QED) is 0.427. The molecule has 1 heterocycles. The van der Waals surface area contributed by atoms with Gasteiger partial charge in [0.25, 0.3) is 0 Å². The van der Waals surface area contributed by atoms with Gasteiger partial charge in [-0.1, -0.05) is 37.3 Å². The number of rotatable bonds is 10. The van der Waals surface area contributed by atoms with Gasteiger partial charge in [-0.15, -0.1) is 0 Å². The van der Waals surface area contributed by atoms with E-state index < -0.39 is 23.7 Å². The number of amides is 3. The van der Waals surface area contributed by atoms with Crippen molar-refractivity contribution in [2.45, 2.75) is 52.1 Å². The second-order valence-electron chi connectivity index (χ2n) is 8.66. The normalized spacial score (nSPS) is 11.6. The van der Waals surface area contributed by atoms with Gasteiger partial charge in [0.05, 0.1) is 0 Å². The van der Waals surface area contributed by atoms with Crippen LogP contribution in [-0.2, 0) is 20.8 Å². The van der Waals surface area contributed by atoms with Crippen molar-refractivity contribution >= 4 is 29.2 Å². The molecule has 0 spiro atoms. The highest BCUT2D eigenvalue weighted by atomic mass is 19.1. The lowest BCUT2D eigenvalue weighted by molar-refractivity contribution is -0.127. The van der Waals surface area contributed by atoms with Gasteiger partial charge < -0.3 is 10.6 Å². The zero-order valence-electron chi connectivity index (χ0n) is 20.7. The van der Waals surface area contributed by atoms with E-state index in [1.807, 2.05) is 32.9 Å². The van der Waals surface area contributed by atoms with E-state index in [0.29, 0.717) is 17.1 Å². The average Bonchev–Trinajstić information content (AvgIpc) is 2.87. The van der Waals surface area contributed by atoms with Crippen LogP contribution in [0.15, 0.2) is 72.9 Å². The van der Waals surface area contributed by atoms with Crippen LogP contribution in [0.5, 0.6) is 0 Å². The second kappa shape index (κ2) is 12.6. The summed E-state index contributed by atoms with van der Waals surface area (Å²) in [4.78, 5) is 44.9. The molecule has 0 aliphatic heterocycles. The van der Waals surface area contributed by atoms with Gasteiger partial charge >= 0.3 is 0 Å². The summed E-state index contributed by atoms with van der Waals surface area (Å²) in [5.41, 5.74) is 2.04. The van der Waals surface area contributed by atoms with Crippen molar-refractivity contribution in [1.29, 1.82) is 0 Å². The van der Waals surface area contributed by atoms with Crippen LogP contribution in [-0.4, -0.2) is 28.7 Å². The van der Waals surface area contributed by atoms with Crippen LogP contribution in [0, 0.1) is 5.82 Å². The molecule has 1 aromatic heterocycles. The largest absolute Gasteiger partial charge is 0.352 e. The summed E-state index contributed by atoms with van der Waals surface area (Å²) >= 11 is 0. The lowest BCUT2D eigenvalue weighted by atomic mass is 10.0. The fraction of sp³-hybridized carbons (Fsp3) is 0.286. The van der Waals surface area contributed by atoms with Crippen LogP contribution in [0.25, 0.3) is 0 Å². The minimum absolute atomic E-state index is 0.0963. The van der Waals surface area contributed by atoms with Gasteiger partial charge in [0, 0.05) is 30.8 Å². The molecular formula is C28H31FN4O3. The number of pyridine rings is 1. The Morgan fingerprint density at radius 2 is 1.64 bits per heavy atom. The maximum absolute atomic E-state index is 13.7. The summed E-state index contributed by atoms with van der Waals surface area (Å²) in [5.74, 6) is -1.24. The zero-order valence-corrected chi connectivity index (χ0v) is 20.7. The Labute approximate surface area is 210 Å². The van der Waals surface area contributed by atoms with E-state index in [1.165, 1.54) is 29.2 Å². The molecule has 3 aromatic rings. The lowest BCUT2D eigenvalue weighted by Crippen LogP contribution is -2.46. The van der Waals surface area contributed by atoms with Crippen molar-refractivity contribution in [3.8, 4) is 0 Å². The number of aromatic nitrogens is 1. The Bertz CT molecular complexity index is 1170. The van der Waals surface area contributed by atoms with E-state index in [-0.39, 0.29) is 24.8 Å². The molecule has 2 aromatic carbocycles. The summed E-state index contributed by atoms with van der Waals surface area (Å²) in [5, 5.41) is 5.53. The number of benzene rings is 2. The average molecular weight is 491 g/mol. The Morgan fingerprint density at radius 3 is 2.22 bits per heavy atom. The fourth-order valence-electron chi connectivity index (χ4n) is 3.74. The van der Waals surface area contributed by atoms with Crippen LogP contribution < -0.4 is 15.5 Å². The van der Waals surface area contributed by atoms with E-state index in [1.54, 1.807) is 36.5 Å². The number of hydrogen-bond donors (Lipinski definition) is 2. The van der Waals surface area contributed by atoms with Gasteiger partial charge in [0.1, 0.15) is 17.7 Å². The van der Waals surface area contributed by atoms with Crippen LogP contribution in [0.1, 0.15) is 50.8 Å². The lowest BCUT2D eigenvalue weighted by Gasteiger charge is -2.32. The minimum Gasteiger partial charge on any atom is -0.352 e. The predicted octanol–water partition coefficient (Wildman–Crippen LogP) is 4.80. The van der Waals surface area contributed by atoms with E-state index in [2.05, 4.69) is 15.6 Å². The highest BCUT2D eigenvalue weighted by molar-refractivity contribution is 6.03. The topological polar surface area (TPSA) is 91.4 Å². The van der Waals surface area contributed by atoms with Crippen LogP contribution >= 0.6 is 0 Å². The van der Waals surface area contributed by atoms with Crippen molar-refractivity contribution in [1.82, 2.24) is 10.3 Å². The molecule has 8 heteroatoms. The Morgan fingerprint density at radius 1 is 0.944 bits per heavy atom. The SMILES string of the molecule is CCc1ccc(N(C(=O)CCC(=O)Nc2ccccn2)C(C(=O)NC(C)C)c2ccc(F)cc2)cc1. The molecule has 36 heavy (non-hydrogen) atoms. The molecule has 0 radical (unpaired) electrons. The van der Waals surface area contributed by atoms with Gasteiger partial charge in [-0.2, -0.15) is 0 Å². The first-order valence-corrected chi connectivity index (χ1v) is 12.0. The summed E-state index contributed by atoms with van der Waals surface area (Å²) in [6, 6.07) is 16.8. The van der Waals surface area contributed by atoms with Gasteiger partial charge in [-0.05, 0) is 67.8 Å². The third-order valence-electron chi connectivity index (χ3n) is 5.51. The van der Waals surface area contributed by atoms with Gasteiger partial charge in [0.2, 0.25) is 17.7 Å². The summed E-state index contributed by atoms with van der Waals surface area (Å²) < 4.78 is 13.7. The molecule has 0 saturated heterocycles. The number of nitrogens with one attached hydrogen (secondary N) is 2. The molecule has 1 unspecified atom stereocenters. The highest BCUT2D eigenvalue weighted by Gasteiger charge is 2.33. The van der Waals surface area contributed by atoms with Crippen molar-refractivity contribution in [2.24, 2.45) is 0 Å². The maximum Gasteiger partial charge on any atom is 0.248 e. The summed E-state index contributed by atoms with van der Waals surface area (Å²) in [6.45, 7) is 5.67. The van der Waals surface area contributed by atoms with E-state index in [0.717, 1.165) is 12.0 Å². The fourth-order valence-corrected chi connectivity index (χ4v) is 3.74. The number of nitrogens with zero attached hydrogens (tertiary/aromatic N) is 2. The third kappa shape index (κ3) is 7.21. The van der Waals surface area contributed by atoms with Crippen LogP contribution in [0.4, 0.5) is 15.9 Å². The first-order valence-electron chi connectivity index (χ1n) is 12.0. The molecule has 2 N–H and O–H groups in total. The van der Waals surface area contributed by atoms with E-state index >= 15 is 0 Å². The molecule has 1 atom stereocenters. The summed E-state index contributed by atoms with van der Waals surface area (Å²) in [6.07, 6.45) is 2.14. The maximum atomic E-state index is 13.7. The predicted molar refractivity (Wildman–Crippen MR) is 138 cm³/mol. The first-order chi connectivity index (χ1) is 17.3. The van der Waals surface area contributed by atoms with Crippen molar-refractivity contribution < 1.29 is 18.8 Å². The first kappa shape index (κ1) is 26.5. The number of hydrogen-bond acceptors (Lipinski definition) is 4. The number of halogens is 1. The van der Waals surface area contributed by atoms with E-state index in [9.17, 15) is 18.8 Å². The van der Waals surface area contributed by atoms with Crippen molar-refractivity contribution in [2.75, 3.05) is 10.2 Å². The molecule has 0 bridgehead atoms. The van der Waals surface area contributed by atoms with Gasteiger partial charge in [0.15, 0.2) is 0 Å². The molecule has 188 valence electrons. The zero-order chi connectivity index (χ0) is 26.1. The summed E-state index contributed by atoms with van der Waals surface area (Å²) in [7, 11) is 0. The van der Waals surface area contributed by atoms with E-state index in [4.69, 9.17) is 0 Å². The van der Waals surface area contributed by atoms with Crippen LogP contribution in [0.3, 0.4) is 0 Å². The monoisotopic (exact) mass is 490 g/mol. The minimum atomic E-state index is -1.05. The molecule has 0 aliphatic rings. The number of aryl methyl sites for hydroxylation is 1.